The van der Waals surface area contributed by atoms with Crippen molar-refractivity contribution in [2.75, 3.05) is 18.0 Å². The molecule has 122 valence electrons. The van der Waals surface area contributed by atoms with E-state index < -0.39 is 22.2 Å². The van der Waals surface area contributed by atoms with Crippen molar-refractivity contribution in [3.8, 4) is 0 Å². The van der Waals surface area contributed by atoms with Gasteiger partial charge in [-0.05, 0) is 45.2 Å². The largest absolute Gasteiger partial charge is 0.446 e. The average Bonchev–Trinajstić information content (AvgIpc) is 2.47. The number of anilines is 1. The molecule has 22 heavy (non-hydrogen) atoms. The number of pyridine rings is 1. The van der Waals surface area contributed by atoms with Gasteiger partial charge in [0.2, 0.25) is 0 Å². The third-order valence-electron chi connectivity index (χ3n) is 3.27. The molecule has 0 saturated carbocycles. The molecule has 1 amide bonds. The Bertz CT molecular complexity index is 607. The van der Waals surface area contributed by atoms with E-state index in [0.29, 0.717) is 0 Å². The second-order valence-electron chi connectivity index (χ2n) is 5.46. The summed E-state index contributed by atoms with van der Waals surface area (Å²) in [7, 11) is -3.96. The van der Waals surface area contributed by atoms with E-state index in [1.54, 1.807) is 19.9 Å². The maximum absolute atomic E-state index is 12.0. The number of hydrogen-bond donors (Lipinski definition) is 1. The molecule has 1 saturated heterocycles. The lowest BCUT2D eigenvalue weighted by molar-refractivity contribution is 0.121. The number of carbonyl (C=O) groups excluding carboxylic acids is 1. The Kier molecular flexibility index (Phi) is 5.23. The van der Waals surface area contributed by atoms with Crippen molar-refractivity contribution in [1.82, 2.24) is 9.71 Å². The molecule has 1 aliphatic rings. The molecule has 8 heteroatoms. The highest BCUT2D eigenvalue weighted by Gasteiger charge is 2.20. The van der Waals surface area contributed by atoms with E-state index in [4.69, 9.17) is 4.74 Å². The lowest BCUT2D eigenvalue weighted by Crippen LogP contribution is -2.33. The summed E-state index contributed by atoms with van der Waals surface area (Å²) in [5.74, 6) is 0.753. The van der Waals surface area contributed by atoms with Crippen molar-refractivity contribution < 1.29 is 17.9 Å². The first-order chi connectivity index (χ1) is 10.4. The molecule has 0 radical (unpaired) electrons. The number of hydrogen-bond acceptors (Lipinski definition) is 6. The summed E-state index contributed by atoms with van der Waals surface area (Å²) < 4.78 is 30.7. The SMILES string of the molecule is CC(C)OC(=O)NS(=O)(=O)c1ccc(N2CCCCC2)nc1. The minimum atomic E-state index is -3.96. The zero-order valence-corrected chi connectivity index (χ0v) is 13.6. The summed E-state index contributed by atoms with van der Waals surface area (Å²) in [5.41, 5.74) is 0. The van der Waals surface area contributed by atoms with E-state index in [1.165, 1.54) is 18.7 Å². The summed E-state index contributed by atoms with van der Waals surface area (Å²) in [6.07, 6.45) is 3.32. The fraction of sp³-hybridized carbons (Fsp3) is 0.571. The Morgan fingerprint density at radius 3 is 2.50 bits per heavy atom. The van der Waals surface area contributed by atoms with Crippen LogP contribution >= 0.6 is 0 Å². The van der Waals surface area contributed by atoms with Gasteiger partial charge in [0.25, 0.3) is 10.0 Å². The molecule has 0 spiro atoms. The first-order valence-electron chi connectivity index (χ1n) is 7.33. The summed E-state index contributed by atoms with van der Waals surface area (Å²) in [6, 6.07) is 3.11. The van der Waals surface area contributed by atoms with Crippen LogP contribution in [0.4, 0.5) is 10.6 Å². The highest BCUT2D eigenvalue weighted by Crippen LogP contribution is 2.18. The third kappa shape index (κ3) is 4.33. The highest BCUT2D eigenvalue weighted by molar-refractivity contribution is 7.90. The van der Waals surface area contributed by atoms with Crippen LogP contribution in [0.15, 0.2) is 23.2 Å². The minimum absolute atomic E-state index is 0.0611. The Morgan fingerprint density at radius 2 is 1.95 bits per heavy atom. The van der Waals surface area contributed by atoms with Crippen molar-refractivity contribution in [2.24, 2.45) is 0 Å². The Morgan fingerprint density at radius 1 is 1.27 bits per heavy atom. The predicted molar refractivity (Wildman–Crippen MR) is 82.2 cm³/mol. The average molecular weight is 327 g/mol. The van der Waals surface area contributed by atoms with Gasteiger partial charge in [-0.1, -0.05) is 0 Å². The lowest BCUT2D eigenvalue weighted by Gasteiger charge is -2.27. The zero-order chi connectivity index (χ0) is 16.2. The number of piperidine rings is 1. The van der Waals surface area contributed by atoms with Crippen molar-refractivity contribution in [3.63, 3.8) is 0 Å². The minimum Gasteiger partial charge on any atom is -0.446 e. The van der Waals surface area contributed by atoms with Crippen LogP contribution in [0.5, 0.6) is 0 Å². The van der Waals surface area contributed by atoms with Crippen LogP contribution in [0.2, 0.25) is 0 Å². The maximum atomic E-state index is 12.0. The van der Waals surface area contributed by atoms with Crippen LogP contribution < -0.4 is 9.62 Å². The topological polar surface area (TPSA) is 88.6 Å². The molecule has 0 unspecified atom stereocenters. The van der Waals surface area contributed by atoms with Gasteiger partial charge in [0.1, 0.15) is 10.7 Å². The molecule has 1 aromatic heterocycles. The van der Waals surface area contributed by atoms with Gasteiger partial charge in [-0.3, -0.25) is 0 Å². The third-order valence-corrected chi connectivity index (χ3v) is 4.57. The number of rotatable bonds is 4. The molecule has 1 aromatic rings. The number of sulfonamides is 1. The lowest BCUT2D eigenvalue weighted by atomic mass is 10.1. The molecule has 0 atom stereocenters. The summed E-state index contributed by atoms with van der Waals surface area (Å²) in [6.45, 7) is 5.14. The second-order valence-corrected chi connectivity index (χ2v) is 7.14. The second kappa shape index (κ2) is 6.95. The van der Waals surface area contributed by atoms with Crippen LogP contribution in [0.25, 0.3) is 0 Å². The van der Waals surface area contributed by atoms with Crippen molar-refractivity contribution in [3.05, 3.63) is 18.3 Å². The van der Waals surface area contributed by atoms with Crippen molar-refractivity contribution >= 4 is 21.9 Å². The number of carbonyl (C=O) groups is 1. The number of nitrogens with one attached hydrogen (secondary N) is 1. The number of ether oxygens (including phenoxy) is 1. The maximum Gasteiger partial charge on any atom is 0.421 e. The Hall–Kier alpha value is -1.83. The molecule has 1 N–H and O–H groups in total. The normalized spacial score (nSPS) is 15.7. The van der Waals surface area contributed by atoms with Crippen LogP contribution in [-0.2, 0) is 14.8 Å². The summed E-state index contributed by atoms with van der Waals surface area (Å²) >= 11 is 0. The van der Waals surface area contributed by atoms with E-state index in [9.17, 15) is 13.2 Å². The monoisotopic (exact) mass is 327 g/mol. The number of nitrogens with zero attached hydrogens (tertiary/aromatic N) is 2. The standard InChI is InChI=1S/C14H21N3O4S/c1-11(2)21-14(18)16-22(19,20)12-6-7-13(15-10-12)17-8-4-3-5-9-17/h6-7,10-11H,3-5,8-9H2,1-2H3,(H,16,18). The molecule has 1 aliphatic heterocycles. The fourth-order valence-corrected chi connectivity index (χ4v) is 3.07. The van der Waals surface area contributed by atoms with E-state index in [1.807, 2.05) is 4.72 Å². The highest BCUT2D eigenvalue weighted by atomic mass is 32.2. The quantitative estimate of drug-likeness (QED) is 0.908. The van der Waals surface area contributed by atoms with Gasteiger partial charge < -0.3 is 9.64 Å². The van der Waals surface area contributed by atoms with E-state index in [2.05, 4.69) is 9.88 Å². The van der Waals surface area contributed by atoms with Crippen LogP contribution in [0, 0.1) is 0 Å². The van der Waals surface area contributed by atoms with Gasteiger partial charge in [0.15, 0.2) is 0 Å². The molecular formula is C14H21N3O4S. The Labute approximate surface area is 130 Å². The van der Waals surface area contributed by atoms with E-state index in [0.717, 1.165) is 31.7 Å². The Balaban J connectivity index is 2.06. The van der Waals surface area contributed by atoms with Gasteiger partial charge in [0.05, 0.1) is 6.10 Å². The van der Waals surface area contributed by atoms with Gasteiger partial charge in [0, 0.05) is 19.3 Å². The van der Waals surface area contributed by atoms with E-state index in [-0.39, 0.29) is 4.90 Å². The molecule has 2 rings (SSSR count). The van der Waals surface area contributed by atoms with Gasteiger partial charge in [-0.15, -0.1) is 0 Å². The smallest absolute Gasteiger partial charge is 0.421 e. The molecule has 0 bridgehead atoms. The number of amides is 1. The van der Waals surface area contributed by atoms with Crippen molar-refractivity contribution in [2.45, 2.75) is 44.1 Å². The number of aromatic nitrogens is 1. The first kappa shape index (κ1) is 16.5. The molecule has 2 heterocycles. The molecular weight excluding hydrogens is 306 g/mol. The summed E-state index contributed by atoms with van der Waals surface area (Å²) in [4.78, 5) is 17.7. The summed E-state index contributed by atoms with van der Waals surface area (Å²) in [5, 5.41) is 0. The molecule has 1 fully saturated rings. The first-order valence-corrected chi connectivity index (χ1v) is 8.81. The van der Waals surface area contributed by atoms with Gasteiger partial charge >= 0.3 is 6.09 Å². The van der Waals surface area contributed by atoms with Crippen LogP contribution in [-0.4, -0.2) is 38.7 Å². The van der Waals surface area contributed by atoms with Crippen LogP contribution in [0.3, 0.4) is 0 Å². The molecule has 0 aromatic carbocycles. The van der Waals surface area contributed by atoms with E-state index >= 15 is 0 Å². The molecule has 0 aliphatic carbocycles. The van der Waals surface area contributed by atoms with Crippen LogP contribution in [0.1, 0.15) is 33.1 Å². The van der Waals surface area contributed by atoms with Crippen molar-refractivity contribution in [1.29, 1.82) is 0 Å². The van der Waals surface area contributed by atoms with Gasteiger partial charge in [-0.2, -0.15) is 0 Å². The predicted octanol–water partition coefficient (Wildman–Crippen LogP) is 1.90. The molecule has 7 nitrogen and oxygen atoms in total. The zero-order valence-electron chi connectivity index (χ0n) is 12.8. The fourth-order valence-electron chi connectivity index (χ4n) is 2.25. The van der Waals surface area contributed by atoms with Gasteiger partial charge in [-0.25, -0.2) is 22.9 Å².